The van der Waals surface area contributed by atoms with E-state index in [4.69, 9.17) is 23.7 Å². The van der Waals surface area contributed by atoms with E-state index in [0.29, 0.717) is 30.1 Å². The average Bonchev–Trinajstić information content (AvgIpc) is 3.60. The zero-order valence-electron chi connectivity index (χ0n) is 31.4. The zero-order chi connectivity index (χ0) is 37.4. The summed E-state index contributed by atoms with van der Waals surface area (Å²) in [6.45, 7) is 10.6. The van der Waals surface area contributed by atoms with Crippen LogP contribution in [0.4, 0.5) is 0 Å². The summed E-state index contributed by atoms with van der Waals surface area (Å²) in [6, 6.07) is 0. The van der Waals surface area contributed by atoms with E-state index in [1.54, 1.807) is 6.92 Å². The van der Waals surface area contributed by atoms with Crippen LogP contribution in [-0.4, -0.2) is 134 Å². The molecule has 13 nitrogen and oxygen atoms in total. The quantitative estimate of drug-likeness (QED) is 0.157. The molecule has 0 aromatic rings. The van der Waals surface area contributed by atoms with Gasteiger partial charge in [-0.2, -0.15) is 0 Å². The molecule has 7 rings (SSSR count). The first-order chi connectivity index (χ1) is 24.6. The van der Waals surface area contributed by atoms with Gasteiger partial charge < -0.3 is 64.5 Å². The first-order valence-electron chi connectivity index (χ1n) is 19.9. The second-order valence-corrected chi connectivity index (χ2v) is 18.2. The number of hydrogen-bond acceptors (Lipinski definition) is 13. The summed E-state index contributed by atoms with van der Waals surface area (Å²) in [5, 5.41) is 82.6. The van der Waals surface area contributed by atoms with Gasteiger partial charge in [-0.05, 0) is 111 Å². The lowest BCUT2D eigenvalue weighted by Crippen LogP contribution is -2.62. The van der Waals surface area contributed by atoms with Gasteiger partial charge in [0.05, 0.1) is 37.3 Å². The number of ether oxygens (including phenoxy) is 5. The first-order valence-corrected chi connectivity index (χ1v) is 19.9. The molecule has 6 fully saturated rings. The van der Waals surface area contributed by atoms with Crippen molar-refractivity contribution in [1.29, 1.82) is 0 Å². The van der Waals surface area contributed by atoms with E-state index in [9.17, 15) is 40.9 Å². The smallest absolute Gasteiger partial charge is 0.186 e. The van der Waals surface area contributed by atoms with E-state index in [1.807, 2.05) is 0 Å². The van der Waals surface area contributed by atoms with Crippen molar-refractivity contribution in [3.8, 4) is 0 Å². The number of rotatable bonds is 9. The summed E-state index contributed by atoms with van der Waals surface area (Å²) in [4.78, 5) is 0. The summed E-state index contributed by atoms with van der Waals surface area (Å²) in [5.74, 6) is 2.83. The van der Waals surface area contributed by atoms with E-state index >= 15 is 0 Å². The van der Waals surface area contributed by atoms with Crippen molar-refractivity contribution in [3.05, 3.63) is 11.3 Å². The lowest BCUT2D eigenvalue weighted by molar-refractivity contribution is -0.322. The molecule has 0 amide bonds. The van der Waals surface area contributed by atoms with Crippen molar-refractivity contribution in [3.63, 3.8) is 0 Å². The van der Waals surface area contributed by atoms with Gasteiger partial charge in [-0.1, -0.05) is 20.8 Å². The fraction of sp³-hybridized carbons (Fsp3) is 0.949. The molecule has 3 heterocycles. The molecule has 4 saturated carbocycles. The summed E-state index contributed by atoms with van der Waals surface area (Å²) in [5.41, 5.74) is 1.33. The van der Waals surface area contributed by atoms with Gasteiger partial charge in [0.25, 0.3) is 0 Å². The molecule has 7 aliphatic rings. The maximum atomic E-state index is 10.9. The highest BCUT2D eigenvalue weighted by atomic mass is 16.7. The Morgan fingerprint density at radius 3 is 2.21 bits per heavy atom. The first kappa shape index (κ1) is 39.3. The summed E-state index contributed by atoms with van der Waals surface area (Å²) in [7, 11) is 0. The zero-order valence-corrected chi connectivity index (χ0v) is 31.4. The van der Waals surface area contributed by atoms with Crippen LogP contribution in [0, 0.1) is 46.3 Å². The van der Waals surface area contributed by atoms with Crippen LogP contribution in [0.2, 0.25) is 0 Å². The van der Waals surface area contributed by atoms with Crippen molar-refractivity contribution in [2.75, 3.05) is 13.2 Å². The number of aliphatic hydroxyl groups is 8. The number of hydrogen-bond donors (Lipinski definition) is 8. The lowest BCUT2D eigenvalue weighted by Gasteiger charge is -2.63. The molecule has 52 heavy (non-hydrogen) atoms. The Labute approximate surface area is 307 Å². The minimum atomic E-state index is -1.47. The molecule has 0 spiro atoms. The van der Waals surface area contributed by atoms with Gasteiger partial charge in [0.15, 0.2) is 12.6 Å². The summed E-state index contributed by atoms with van der Waals surface area (Å²) in [6.07, 6.45) is -4.85. The van der Waals surface area contributed by atoms with Gasteiger partial charge in [-0.3, -0.25) is 0 Å². The Bertz CT molecular complexity index is 1300. The average molecular weight is 741 g/mol. The Hall–Kier alpha value is -0.940. The highest BCUT2D eigenvalue weighted by molar-refractivity contribution is 5.27. The van der Waals surface area contributed by atoms with Gasteiger partial charge in [-0.25, -0.2) is 0 Å². The number of aliphatic hydroxyl groups excluding tert-OH is 8. The topological polar surface area (TPSA) is 208 Å². The Kier molecular flexibility index (Phi) is 11.2. The largest absolute Gasteiger partial charge is 0.494 e. The Balaban J connectivity index is 1.02. The van der Waals surface area contributed by atoms with E-state index in [2.05, 4.69) is 27.7 Å². The highest BCUT2D eigenvalue weighted by Gasteiger charge is 2.66. The molecule has 2 saturated heterocycles. The molecular weight excluding hydrogens is 676 g/mol. The third-order valence-corrected chi connectivity index (χ3v) is 15.2. The van der Waals surface area contributed by atoms with E-state index < -0.39 is 74.1 Å². The minimum absolute atomic E-state index is 0.0417. The Morgan fingerprint density at radius 2 is 1.48 bits per heavy atom. The maximum absolute atomic E-state index is 10.9. The Morgan fingerprint density at radius 1 is 0.788 bits per heavy atom. The van der Waals surface area contributed by atoms with Gasteiger partial charge in [0.2, 0.25) is 0 Å². The molecule has 21 atom stereocenters. The number of fused-ring (bicyclic) bond motifs is 7. The molecule has 0 radical (unpaired) electrons. The van der Waals surface area contributed by atoms with Crippen molar-refractivity contribution < 1.29 is 64.5 Å². The molecule has 8 N–H and O–H groups in total. The van der Waals surface area contributed by atoms with Gasteiger partial charge >= 0.3 is 0 Å². The molecule has 4 aliphatic carbocycles. The minimum Gasteiger partial charge on any atom is -0.494 e. The molecule has 298 valence electrons. The normalized spacial score (nSPS) is 53.8. The fourth-order valence-corrected chi connectivity index (χ4v) is 12.2. The molecule has 3 aliphatic heterocycles. The maximum Gasteiger partial charge on any atom is 0.186 e. The lowest BCUT2D eigenvalue weighted by atomic mass is 9.44. The number of allylic oxidation sites excluding steroid dienone is 1. The second-order valence-electron chi connectivity index (χ2n) is 18.2. The van der Waals surface area contributed by atoms with Crippen LogP contribution in [0.1, 0.15) is 92.4 Å². The van der Waals surface area contributed by atoms with Crippen LogP contribution in [0.5, 0.6) is 0 Å². The summed E-state index contributed by atoms with van der Waals surface area (Å²) >= 11 is 0. The molecule has 0 aromatic heterocycles. The van der Waals surface area contributed by atoms with Crippen LogP contribution in [0.25, 0.3) is 0 Å². The molecule has 0 aromatic carbocycles. The third-order valence-electron chi connectivity index (χ3n) is 15.2. The third kappa shape index (κ3) is 6.60. The standard InChI is InChI=1S/C39H64O13/c1-17(16-48-36-34(46)33(45)31(43)28(15-40)52-36)6-7-25-18(2)29-27(50-25)14-23-21-13-26(51-37-35(47)32(44)30(42)19(3)49-37)24-12-20(41)8-10-38(24,4)22(21)9-11-39(23,29)5/h17,19-24,26-37,40-47H,6-16H2,1-5H3/t17-,19+,20-,21+,22-,23-,24+,26-,27-,28+,29-,30+,31+,32-,33-,34+,35+,36+,37-,38+,39-/m0/s1. The molecule has 0 unspecified atom stereocenters. The summed E-state index contributed by atoms with van der Waals surface area (Å²) < 4.78 is 30.7. The molecule has 0 bridgehead atoms. The van der Waals surface area contributed by atoms with Crippen molar-refractivity contribution in [2.45, 2.75) is 172 Å². The van der Waals surface area contributed by atoms with Crippen LogP contribution >= 0.6 is 0 Å². The van der Waals surface area contributed by atoms with Crippen molar-refractivity contribution >= 4 is 0 Å². The van der Waals surface area contributed by atoms with E-state index in [0.717, 1.165) is 57.1 Å². The van der Waals surface area contributed by atoms with E-state index in [1.165, 1.54) is 5.57 Å². The van der Waals surface area contributed by atoms with Gasteiger partial charge in [0, 0.05) is 12.3 Å². The monoisotopic (exact) mass is 740 g/mol. The van der Waals surface area contributed by atoms with Gasteiger partial charge in [-0.15, -0.1) is 0 Å². The highest BCUT2D eigenvalue weighted by Crippen LogP contribution is 2.70. The predicted molar refractivity (Wildman–Crippen MR) is 185 cm³/mol. The van der Waals surface area contributed by atoms with Crippen LogP contribution in [0.15, 0.2) is 11.3 Å². The van der Waals surface area contributed by atoms with Crippen LogP contribution in [0.3, 0.4) is 0 Å². The van der Waals surface area contributed by atoms with Gasteiger partial charge in [0.1, 0.15) is 48.8 Å². The fourth-order valence-electron chi connectivity index (χ4n) is 12.2. The molecular formula is C39H64O13. The molecule has 13 heteroatoms. The van der Waals surface area contributed by atoms with Crippen molar-refractivity contribution in [1.82, 2.24) is 0 Å². The van der Waals surface area contributed by atoms with Crippen LogP contribution in [-0.2, 0) is 23.7 Å². The van der Waals surface area contributed by atoms with Crippen LogP contribution < -0.4 is 0 Å². The SMILES string of the molecule is CC1=C(CC[C@H](C)CO[C@@H]2O[C@H](CO)[C@@H](O)[C@H](O)[C@H]2O)O[C@H]2C[C@H]3[C@@H]4C[C@H](O[C@@H]5O[C@H](C)[C@@H](O)[C@H](O)[C@H]5O)[C@H]5C[C@@H](O)CC[C@]5(C)[C@H]4CC[C@]3(C)[C@@H]12. The van der Waals surface area contributed by atoms with E-state index in [-0.39, 0.29) is 41.5 Å². The van der Waals surface area contributed by atoms with Crippen molar-refractivity contribution in [2.24, 2.45) is 46.3 Å². The second kappa shape index (κ2) is 14.9. The predicted octanol–water partition coefficient (Wildman–Crippen LogP) is 1.34.